The summed E-state index contributed by atoms with van der Waals surface area (Å²) in [5.41, 5.74) is -0.751. The minimum atomic E-state index is -4.39. The molecule has 1 unspecified atom stereocenters. The van der Waals surface area contributed by atoms with Gasteiger partial charge in [0.1, 0.15) is 17.2 Å². The van der Waals surface area contributed by atoms with Gasteiger partial charge in [-0.3, -0.25) is 0 Å². The second-order valence-corrected chi connectivity index (χ2v) is 5.17. The Balaban J connectivity index is 1.95. The van der Waals surface area contributed by atoms with E-state index in [0.29, 0.717) is 11.5 Å². The molecule has 0 aromatic heterocycles. The molecule has 2 rings (SSSR count). The highest BCUT2D eigenvalue weighted by Crippen LogP contribution is 2.31. The summed E-state index contributed by atoms with van der Waals surface area (Å²) < 4.78 is 53.2. The minimum Gasteiger partial charge on any atom is -0.479 e. The van der Waals surface area contributed by atoms with Crippen molar-refractivity contribution in [2.45, 2.75) is 19.2 Å². The van der Waals surface area contributed by atoms with Crippen LogP contribution in [-0.4, -0.2) is 18.7 Å². The summed E-state index contributed by atoms with van der Waals surface area (Å²) in [6, 6.07) is 10.6. The predicted octanol–water partition coefficient (Wildman–Crippen LogP) is 4.44. The molecule has 0 heterocycles. The number of ether oxygens (including phenoxy) is 3. The van der Waals surface area contributed by atoms with Crippen molar-refractivity contribution in [2.24, 2.45) is 0 Å². The van der Waals surface area contributed by atoms with Crippen LogP contribution in [0.25, 0.3) is 0 Å². The third-order valence-corrected chi connectivity index (χ3v) is 3.18. The molecule has 0 saturated heterocycles. The van der Waals surface area contributed by atoms with Gasteiger partial charge in [0.2, 0.25) is 0 Å². The lowest BCUT2D eigenvalue weighted by molar-refractivity contribution is -0.149. The molecule has 0 aliphatic rings. The van der Waals surface area contributed by atoms with Crippen LogP contribution in [0.4, 0.5) is 13.2 Å². The number of carbonyl (C=O) groups excluding carboxylic acids is 1. The number of halogens is 3. The standard InChI is InChI=1S/C19H15F3O4/c1-3-12-24-18(23)13(2)25-15-8-10-17(11-9-15)26-16-6-4-14(5-7-16)19(20,21)22/h1,4-11,13H,12H2,2H3. The highest BCUT2D eigenvalue weighted by atomic mass is 19.4. The first-order valence-electron chi connectivity index (χ1n) is 7.51. The molecule has 136 valence electrons. The molecule has 0 bridgehead atoms. The summed E-state index contributed by atoms with van der Waals surface area (Å²) in [5, 5.41) is 0. The quantitative estimate of drug-likeness (QED) is 0.561. The number of esters is 1. The fourth-order valence-corrected chi connectivity index (χ4v) is 1.92. The molecule has 7 heteroatoms. The molecule has 0 fully saturated rings. The van der Waals surface area contributed by atoms with Crippen molar-refractivity contribution >= 4 is 5.97 Å². The monoisotopic (exact) mass is 364 g/mol. The molecule has 1 atom stereocenters. The Bertz CT molecular complexity index is 774. The third kappa shape index (κ3) is 5.45. The molecular weight excluding hydrogens is 349 g/mol. The number of carbonyl (C=O) groups is 1. The van der Waals surface area contributed by atoms with Crippen LogP contribution in [0.5, 0.6) is 17.2 Å². The molecule has 0 radical (unpaired) electrons. The zero-order valence-corrected chi connectivity index (χ0v) is 13.7. The van der Waals surface area contributed by atoms with Gasteiger partial charge in [-0.1, -0.05) is 5.92 Å². The molecular formula is C19H15F3O4. The average Bonchev–Trinajstić information content (AvgIpc) is 2.61. The van der Waals surface area contributed by atoms with Crippen LogP contribution < -0.4 is 9.47 Å². The predicted molar refractivity (Wildman–Crippen MR) is 87.8 cm³/mol. The summed E-state index contributed by atoms with van der Waals surface area (Å²) in [6.07, 6.45) is -0.235. The first-order valence-corrected chi connectivity index (χ1v) is 7.51. The van der Waals surface area contributed by atoms with Gasteiger partial charge in [-0.25, -0.2) is 4.79 Å². The smallest absolute Gasteiger partial charge is 0.416 e. The van der Waals surface area contributed by atoms with Gasteiger partial charge in [0.05, 0.1) is 5.56 Å². The Morgan fingerprint density at radius 3 is 2.04 bits per heavy atom. The van der Waals surface area contributed by atoms with Crippen molar-refractivity contribution in [3.63, 3.8) is 0 Å². The van der Waals surface area contributed by atoms with Crippen LogP contribution in [0.2, 0.25) is 0 Å². The van der Waals surface area contributed by atoms with E-state index in [1.54, 1.807) is 24.3 Å². The number of hydrogen-bond donors (Lipinski definition) is 0. The number of rotatable bonds is 6. The van der Waals surface area contributed by atoms with Crippen molar-refractivity contribution in [3.05, 3.63) is 54.1 Å². The van der Waals surface area contributed by atoms with E-state index in [9.17, 15) is 18.0 Å². The Kier molecular flexibility index (Phi) is 6.12. The molecule has 4 nitrogen and oxygen atoms in total. The van der Waals surface area contributed by atoms with Gasteiger partial charge in [0, 0.05) is 0 Å². The van der Waals surface area contributed by atoms with Gasteiger partial charge >= 0.3 is 12.1 Å². The molecule has 26 heavy (non-hydrogen) atoms. The van der Waals surface area contributed by atoms with Crippen molar-refractivity contribution in [1.29, 1.82) is 0 Å². The largest absolute Gasteiger partial charge is 0.479 e. The molecule has 0 amide bonds. The van der Waals surface area contributed by atoms with Gasteiger partial charge in [0.25, 0.3) is 0 Å². The molecule has 2 aromatic rings. The topological polar surface area (TPSA) is 44.8 Å². The summed E-state index contributed by atoms with van der Waals surface area (Å²) in [6.45, 7) is 1.39. The second kappa shape index (κ2) is 8.30. The van der Waals surface area contributed by atoms with E-state index >= 15 is 0 Å². The second-order valence-electron chi connectivity index (χ2n) is 5.17. The minimum absolute atomic E-state index is 0.133. The SMILES string of the molecule is C#CCOC(=O)C(C)Oc1ccc(Oc2ccc(C(F)(F)F)cc2)cc1. The number of terminal acetylenes is 1. The average molecular weight is 364 g/mol. The lowest BCUT2D eigenvalue weighted by atomic mass is 10.2. The molecule has 0 aliphatic heterocycles. The van der Waals surface area contributed by atoms with Crippen LogP contribution >= 0.6 is 0 Å². The summed E-state index contributed by atoms with van der Waals surface area (Å²) in [5.74, 6) is 2.65. The number of alkyl halides is 3. The van der Waals surface area contributed by atoms with E-state index < -0.39 is 23.8 Å². The molecule has 0 aliphatic carbocycles. The van der Waals surface area contributed by atoms with Crippen molar-refractivity contribution in [3.8, 4) is 29.6 Å². The summed E-state index contributed by atoms with van der Waals surface area (Å²) in [7, 11) is 0. The third-order valence-electron chi connectivity index (χ3n) is 3.18. The van der Waals surface area contributed by atoms with Crippen LogP contribution in [0.3, 0.4) is 0 Å². The Labute approximate surface area is 148 Å². The highest BCUT2D eigenvalue weighted by molar-refractivity contribution is 5.74. The zero-order valence-electron chi connectivity index (χ0n) is 13.7. The fraction of sp³-hybridized carbons (Fsp3) is 0.211. The van der Waals surface area contributed by atoms with E-state index in [2.05, 4.69) is 5.92 Å². The molecule has 0 N–H and O–H groups in total. The van der Waals surface area contributed by atoms with Crippen LogP contribution in [-0.2, 0) is 15.7 Å². The van der Waals surface area contributed by atoms with E-state index in [1.165, 1.54) is 19.1 Å². The van der Waals surface area contributed by atoms with Crippen LogP contribution in [0.1, 0.15) is 12.5 Å². The number of hydrogen-bond acceptors (Lipinski definition) is 4. The van der Waals surface area contributed by atoms with E-state index in [1.807, 2.05) is 0 Å². The van der Waals surface area contributed by atoms with Gasteiger partial charge in [-0.05, 0) is 55.5 Å². The van der Waals surface area contributed by atoms with E-state index in [4.69, 9.17) is 20.6 Å². The normalized spacial score (nSPS) is 12.0. The van der Waals surface area contributed by atoms with Gasteiger partial charge in [-0.2, -0.15) is 13.2 Å². The first kappa shape index (κ1) is 19.2. The zero-order chi connectivity index (χ0) is 19.2. The van der Waals surface area contributed by atoms with Gasteiger partial charge in [0.15, 0.2) is 12.7 Å². The Hall–Kier alpha value is -3.14. The Morgan fingerprint density at radius 2 is 1.54 bits per heavy atom. The molecule has 0 spiro atoms. The molecule has 0 saturated carbocycles. The number of benzene rings is 2. The Morgan fingerprint density at radius 1 is 1.04 bits per heavy atom. The van der Waals surface area contributed by atoms with Gasteiger partial charge in [-0.15, -0.1) is 6.42 Å². The molecule has 2 aromatic carbocycles. The van der Waals surface area contributed by atoms with E-state index in [-0.39, 0.29) is 12.4 Å². The lowest BCUT2D eigenvalue weighted by Gasteiger charge is -2.13. The van der Waals surface area contributed by atoms with Crippen LogP contribution in [0.15, 0.2) is 48.5 Å². The van der Waals surface area contributed by atoms with Crippen molar-refractivity contribution < 1.29 is 32.2 Å². The van der Waals surface area contributed by atoms with Crippen LogP contribution in [0, 0.1) is 12.3 Å². The summed E-state index contributed by atoms with van der Waals surface area (Å²) >= 11 is 0. The summed E-state index contributed by atoms with van der Waals surface area (Å²) in [4.78, 5) is 11.6. The first-order chi connectivity index (χ1) is 12.3. The van der Waals surface area contributed by atoms with E-state index in [0.717, 1.165) is 12.1 Å². The van der Waals surface area contributed by atoms with Crippen molar-refractivity contribution in [1.82, 2.24) is 0 Å². The fourth-order valence-electron chi connectivity index (χ4n) is 1.92. The highest BCUT2D eigenvalue weighted by Gasteiger charge is 2.30. The van der Waals surface area contributed by atoms with Crippen molar-refractivity contribution in [2.75, 3.05) is 6.61 Å². The maximum Gasteiger partial charge on any atom is 0.416 e. The maximum absolute atomic E-state index is 12.5. The lowest BCUT2D eigenvalue weighted by Crippen LogP contribution is -2.26. The maximum atomic E-state index is 12.5. The van der Waals surface area contributed by atoms with Gasteiger partial charge < -0.3 is 14.2 Å².